The fourth-order valence-corrected chi connectivity index (χ4v) is 4.14. The number of aryl methyl sites for hydroxylation is 2. The molecule has 26 heavy (non-hydrogen) atoms. The Hall–Kier alpha value is -2.78. The van der Waals surface area contributed by atoms with Gasteiger partial charge in [-0.15, -0.1) is 10.2 Å². The van der Waals surface area contributed by atoms with Crippen LogP contribution in [-0.2, 0) is 10.0 Å². The van der Waals surface area contributed by atoms with Gasteiger partial charge in [-0.3, -0.25) is 14.8 Å². The van der Waals surface area contributed by atoms with Crippen LogP contribution in [-0.4, -0.2) is 24.5 Å². The zero-order chi connectivity index (χ0) is 18.7. The van der Waals surface area contributed by atoms with Crippen molar-refractivity contribution in [3.63, 3.8) is 0 Å². The summed E-state index contributed by atoms with van der Waals surface area (Å²) in [5, 5.41) is 10.1. The molecule has 1 heterocycles. The van der Waals surface area contributed by atoms with E-state index in [1.54, 1.807) is 36.4 Å². The molecule has 134 valence electrons. The first kappa shape index (κ1) is 18.0. The molecule has 0 saturated heterocycles. The van der Waals surface area contributed by atoms with Gasteiger partial charge in [-0.25, -0.2) is 0 Å². The number of amides is 1. The first-order valence-electron chi connectivity index (χ1n) is 7.65. The maximum Gasteiger partial charge on any atom is 0.291 e. The Kier molecular flexibility index (Phi) is 5.01. The number of carbonyl (C=O) groups excluding carboxylic acids is 1. The number of aromatic nitrogens is 2. The van der Waals surface area contributed by atoms with E-state index in [0.717, 1.165) is 22.5 Å². The molecule has 0 aliphatic carbocycles. The van der Waals surface area contributed by atoms with Crippen LogP contribution >= 0.6 is 11.3 Å². The zero-order valence-corrected chi connectivity index (χ0v) is 15.7. The van der Waals surface area contributed by atoms with Gasteiger partial charge in [0.05, 0.1) is 0 Å². The van der Waals surface area contributed by atoms with Gasteiger partial charge in [0.25, 0.3) is 20.3 Å². The number of anilines is 2. The van der Waals surface area contributed by atoms with Crippen molar-refractivity contribution >= 4 is 38.1 Å². The minimum Gasteiger partial charge on any atom is -0.296 e. The Morgan fingerprint density at radius 3 is 2.38 bits per heavy atom. The number of carbonyl (C=O) groups is 1. The SMILES string of the molecule is Cc1ccc(NS(=O)(=O)c2nnc(NC(=O)c3ccccc3C)s2)cc1. The van der Waals surface area contributed by atoms with Gasteiger partial charge in [-0.05, 0) is 37.6 Å². The van der Waals surface area contributed by atoms with Crippen LogP contribution in [0.3, 0.4) is 0 Å². The second kappa shape index (κ2) is 7.22. The molecule has 0 unspecified atom stereocenters. The van der Waals surface area contributed by atoms with E-state index in [1.165, 1.54) is 0 Å². The van der Waals surface area contributed by atoms with Gasteiger partial charge < -0.3 is 0 Å². The number of benzene rings is 2. The van der Waals surface area contributed by atoms with Crippen LogP contribution in [0.1, 0.15) is 21.5 Å². The predicted molar refractivity (Wildman–Crippen MR) is 101 cm³/mol. The van der Waals surface area contributed by atoms with Crippen molar-refractivity contribution in [2.75, 3.05) is 10.0 Å². The summed E-state index contributed by atoms with van der Waals surface area (Å²) in [5.74, 6) is -0.366. The molecule has 0 fully saturated rings. The molecular weight excluding hydrogens is 372 g/mol. The molecule has 1 amide bonds. The van der Waals surface area contributed by atoms with Gasteiger partial charge in [0.15, 0.2) is 0 Å². The predicted octanol–water partition coefficient (Wildman–Crippen LogP) is 3.21. The molecule has 2 aromatic carbocycles. The lowest BCUT2D eigenvalue weighted by Crippen LogP contribution is -2.13. The average Bonchev–Trinajstić information content (AvgIpc) is 3.06. The highest BCUT2D eigenvalue weighted by molar-refractivity contribution is 7.94. The summed E-state index contributed by atoms with van der Waals surface area (Å²) in [5.41, 5.74) is 2.75. The highest BCUT2D eigenvalue weighted by Crippen LogP contribution is 2.23. The molecule has 7 nitrogen and oxygen atoms in total. The Morgan fingerprint density at radius 2 is 1.69 bits per heavy atom. The highest BCUT2D eigenvalue weighted by atomic mass is 32.2. The van der Waals surface area contributed by atoms with Crippen molar-refractivity contribution < 1.29 is 13.2 Å². The minimum absolute atomic E-state index is 0.113. The molecule has 0 radical (unpaired) electrons. The molecule has 1 aromatic heterocycles. The summed E-state index contributed by atoms with van der Waals surface area (Å²) in [6.07, 6.45) is 0. The molecule has 0 bridgehead atoms. The molecule has 0 aliphatic heterocycles. The van der Waals surface area contributed by atoms with Gasteiger partial charge in [0, 0.05) is 11.3 Å². The third-order valence-corrected chi connectivity index (χ3v) is 6.14. The van der Waals surface area contributed by atoms with E-state index in [4.69, 9.17) is 0 Å². The largest absolute Gasteiger partial charge is 0.296 e. The van der Waals surface area contributed by atoms with Gasteiger partial charge in [0.1, 0.15) is 0 Å². The number of hydrogen-bond acceptors (Lipinski definition) is 6. The van der Waals surface area contributed by atoms with E-state index in [1.807, 2.05) is 26.0 Å². The van der Waals surface area contributed by atoms with Gasteiger partial charge in [-0.1, -0.05) is 47.2 Å². The van der Waals surface area contributed by atoms with E-state index in [2.05, 4.69) is 20.2 Å². The first-order valence-corrected chi connectivity index (χ1v) is 9.95. The molecule has 0 spiro atoms. The smallest absolute Gasteiger partial charge is 0.291 e. The molecule has 0 atom stereocenters. The van der Waals surface area contributed by atoms with E-state index in [9.17, 15) is 13.2 Å². The maximum absolute atomic E-state index is 12.4. The van der Waals surface area contributed by atoms with Crippen LogP contribution in [0, 0.1) is 13.8 Å². The fourth-order valence-electron chi connectivity index (χ4n) is 2.18. The monoisotopic (exact) mass is 388 g/mol. The van der Waals surface area contributed by atoms with Crippen molar-refractivity contribution in [3.8, 4) is 0 Å². The van der Waals surface area contributed by atoms with Gasteiger partial charge in [-0.2, -0.15) is 8.42 Å². The summed E-state index contributed by atoms with van der Waals surface area (Å²) in [4.78, 5) is 12.3. The summed E-state index contributed by atoms with van der Waals surface area (Å²) >= 11 is 0.786. The maximum atomic E-state index is 12.4. The number of sulfonamides is 1. The van der Waals surface area contributed by atoms with Crippen molar-refractivity contribution in [3.05, 3.63) is 65.2 Å². The first-order chi connectivity index (χ1) is 12.3. The normalized spacial score (nSPS) is 11.2. The van der Waals surface area contributed by atoms with E-state index < -0.39 is 10.0 Å². The highest BCUT2D eigenvalue weighted by Gasteiger charge is 2.21. The third-order valence-electron chi connectivity index (χ3n) is 3.55. The van der Waals surface area contributed by atoms with E-state index in [-0.39, 0.29) is 15.4 Å². The molecule has 0 aliphatic rings. The lowest BCUT2D eigenvalue weighted by Gasteiger charge is -2.05. The Bertz CT molecular complexity index is 1040. The summed E-state index contributed by atoms with van der Waals surface area (Å²) in [7, 11) is -3.87. The molecular formula is C17H16N4O3S2. The summed E-state index contributed by atoms with van der Waals surface area (Å²) in [6.45, 7) is 3.73. The van der Waals surface area contributed by atoms with Crippen molar-refractivity contribution in [2.45, 2.75) is 18.2 Å². The fraction of sp³-hybridized carbons (Fsp3) is 0.118. The van der Waals surface area contributed by atoms with Crippen molar-refractivity contribution in [2.24, 2.45) is 0 Å². The second-order valence-corrected chi connectivity index (χ2v) is 8.45. The number of hydrogen-bond donors (Lipinski definition) is 2. The zero-order valence-electron chi connectivity index (χ0n) is 14.1. The Labute approximate surface area is 155 Å². The van der Waals surface area contributed by atoms with E-state index >= 15 is 0 Å². The van der Waals surface area contributed by atoms with Crippen molar-refractivity contribution in [1.29, 1.82) is 0 Å². The van der Waals surface area contributed by atoms with Crippen LogP contribution in [0.4, 0.5) is 10.8 Å². The molecule has 2 N–H and O–H groups in total. The third kappa shape index (κ3) is 4.06. The minimum atomic E-state index is -3.87. The average molecular weight is 388 g/mol. The van der Waals surface area contributed by atoms with E-state index in [0.29, 0.717) is 11.3 Å². The molecule has 0 saturated carbocycles. The number of rotatable bonds is 5. The summed E-state index contributed by atoms with van der Waals surface area (Å²) < 4.78 is 27.0. The van der Waals surface area contributed by atoms with Crippen molar-refractivity contribution in [1.82, 2.24) is 10.2 Å². The summed E-state index contributed by atoms with van der Waals surface area (Å²) in [6, 6.07) is 14.0. The second-order valence-electron chi connectivity index (χ2n) is 5.61. The Morgan fingerprint density at radius 1 is 1.00 bits per heavy atom. The Balaban J connectivity index is 1.75. The van der Waals surface area contributed by atoms with Gasteiger partial charge >= 0.3 is 0 Å². The van der Waals surface area contributed by atoms with Crippen LogP contribution in [0.15, 0.2) is 52.9 Å². The molecule has 9 heteroatoms. The van der Waals surface area contributed by atoms with Crippen LogP contribution in [0.2, 0.25) is 0 Å². The number of nitrogens with zero attached hydrogens (tertiary/aromatic N) is 2. The van der Waals surface area contributed by atoms with Crippen LogP contribution in [0.25, 0.3) is 0 Å². The van der Waals surface area contributed by atoms with Gasteiger partial charge in [0.2, 0.25) is 5.13 Å². The standard InChI is InChI=1S/C17H16N4O3S2/c1-11-7-9-13(10-8-11)21-26(23,24)17-20-19-16(25-17)18-15(22)14-6-4-3-5-12(14)2/h3-10,21H,1-2H3,(H,18,19,22). The topological polar surface area (TPSA) is 101 Å². The number of nitrogens with one attached hydrogen (secondary N) is 2. The lowest BCUT2D eigenvalue weighted by molar-refractivity contribution is 0.102. The quantitative estimate of drug-likeness (QED) is 0.654. The lowest BCUT2D eigenvalue weighted by atomic mass is 10.1. The van der Waals surface area contributed by atoms with Crippen LogP contribution < -0.4 is 10.0 Å². The molecule has 3 aromatic rings. The molecule has 3 rings (SSSR count). The van der Waals surface area contributed by atoms with Crippen LogP contribution in [0.5, 0.6) is 0 Å².